The van der Waals surface area contributed by atoms with Crippen molar-refractivity contribution in [1.82, 2.24) is 4.98 Å². The first-order valence-corrected chi connectivity index (χ1v) is 4.85. The van der Waals surface area contributed by atoms with Crippen molar-refractivity contribution in [3.8, 4) is 0 Å². The van der Waals surface area contributed by atoms with Crippen LogP contribution in [0.4, 0.5) is 10.2 Å². The summed E-state index contributed by atoms with van der Waals surface area (Å²) in [4.78, 5) is 14.8. The summed E-state index contributed by atoms with van der Waals surface area (Å²) in [7, 11) is 0. The fourth-order valence-corrected chi connectivity index (χ4v) is 1.11. The molecule has 0 unspecified atom stereocenters. The minimum Gasteiger partial charge on any atom is -0.330 e. The van der Waals surface area contributed by atoms with Gasteiger partial charge in [0, 0.05) is 6.42 Å². The molecule has 0 atom stereocenters. The summed E-state index contributed by atoms with van der Waals surface area (Å²) in [6.45, 7) is 0.575. The Hall–Kier alpha value is -1.49. The van der Waals surface area contributed by atoms with Gasteiger partial charge in [0.25, 0.3) is 0 Å². The van der Waals surface area contributed by atoms with Gasteiger partial charge in [-0.15, -0.1) is 0 Å². The molecular weight excluding hydrogens is 197 g/mol. The number of aromatic nitrogens is 1. The molecule has 82 valence electrons. The van der Waals surface area contributed by atoms with E-state index >= 15 is 0 Å². The molecule has 0 aliphatic rings. The summed E-state index contributed by atoms with van der Waals surface area (Å²) in [6.07, 6.45) is 1.93. The van der Waals surface area contributed by atoms with Crippen LogP contribution in [0.15, 0.2) is 18.2 Å². The first kappa shape index (κ1) is 11.6. The zero-order valence-corrected chi connectivity index (χ0v) is 8.37. The molecule has 3 N–H and O–H groups in total. The minimum absolute atomic E-state index is 0.165. The van der Waals surface area contributed by atoms with Crippen LogP contribution >= 0.6 is 0 Å². The number of nitrogens with two attached hydrogens (primary N) is 1. The molecule has 15 heavy (non-hydrogen) atoms. The molecule has 0 fully saturated rings. The molecule has 4 nitrogen and oxygen atoms in total. The average Bonchev–Trinajstić information content (AvgIpc) is 2.18. The number of halogens is 1. The number of unbranched alkanes of at least 4 members (excludes halogenated alkanes) is 1. The van der Waals surface area contributed by atoms with Crippen LogP contribution in [0.3, 0.4) is 0 Å². The third-order valence-corrected chi connectivity index (χ3v) is 1.84. The van der Waals surface area contributed by atoms with Crippen LogP contribution in [0, 0.1) is 5.95 Å². The number of nitrogens with zero attached hydrogens (tertiary/aromatic N) is 1. The van der Waals surface area contributed by atoms with Crippen molar-refractivity contribution >= 4 is 11.7 Å². The second-order valence-electron chi connectivity index (χ2n) is 3.14. The smallest absolute Gasteiger partial charge is 0.225 e. The third kappa shape index (κ3) is 4.51. The molecule has 0 saturated carbocycles. The standard InChI is InChI=1S/C10H14FN3O/c11-8-4-3-5-9(13-8)14-10(15)6-1-2-7-12/h3-5H,1-2,6-7,12H2,(H,13,14,15). The molecule has 0 bridgehead atoms. The second-order valence-corrected chi connectivity index (χ2v) is 3.14. The quantitative estimate of drug-likeness (QED) is 0.569. The number of rotatable bonds is 5. The molecule has 0 aliphatic heterocycles. The molecule has 1 amide bonds. The lowest BCUT2D eigenvalue weighted by Gasteiger charge is -2.03. The lowest BCUT2D eigenvalue weighted by molar-refractivity contribution is -0.116. The lowest BCUT2D eigenvalue weighted by atomic mass is 10.2. The fourth-order valence-electron chi connectivity index (χ4n) is 1.11. The van der Waals surface area contributed by atoms with Gasteiger partial charge in [-0.1, -0.05) is 6.07 Å². The van der Waals surface area contributed by atoms with E-state index in [9.17, 15) is 9.18 Å². The molecule has 1 rings (SSSR count). The van der Waals surface area contributed by atoms with E-state index in [2.05, 4.69) is 10.3 Å². The van der Waals surface area contributed by atoms with Crippen LogP contribution in [0.5, 0.6) is 0 Å². The Morgan fingerprint density at radius 1 is 1.47 bits per heavy atom. The Bertz CT molecular complexity index is 330. The van der Waals surface area contributed by atoms with Crippen molar-refractivity contribution in [3.05, 3.63) is 24.1 Å². The highest BCUT2D eigenvalue weighted by Crippen LogP contribution is 2.05. The maximum Gasteiger partial charge on any atom is 0.225 e. The van der Waals surface area contributed by atoms with Crippen LogP contribution in [0.2, 0.25) is 0 Å². The monoisotopic (exact) mass is 211 g/mol. The predicted octanol–water partition coefficient (Wildman–Crippen LogP) is 1.29. The van der Waals surface area contributed by atoms with Gasteiger partial charge in [-0.05, 0) is 31.5 Å². The predicted molar refractivity (Wildman–Crippen MR) is 55.7 cm³/mol. The van der Waals surface area contributed by atoms with Crippen LogP contribution in [0.25, 0.3) is 0 Å². The van der Waals surface area contributed by atoms with Gasteiger partial charge in [0.2, 0.25) is 11.9 Å². The Labute approximate surface area is 87.7 Å². The van der Waals surface area contributed by atoms with E-state index in [0.717, 1.165) is 12.8 Å². The van der Waals surface area contributed by atoms with Crippen molar-refractivity contribution in [2.45, 2.75) is 19.3 Å². The number of carbonyl (C=O) groups excluding carboxylic acids is 1. The van der Waals surface area contributed by atoms with E-state index in [1.54, 1.807) is 6.07 Å². The van der Waals surface area contributed by atoms with Crippen LogP contribution in [0.1, 0.15) is 19.3 Å². The lowest BCUT2D eigenvalue weighted by Crippen LogP contribution is -2.13. The van der Waals surface area contributed by atoms with Gasteiger partial charge in [-0.3, -0.25) is 4.79 Å². The van der Waals surface area contributed by atoms with E-state index in [-0.39, 0.29) is 11.7 Å². The normalized spacial score (nSPS) is 10.0. The highest BCUT2D eigenvalue weighted by molar-refractivity contribution is 5.89. The first-order valence-electron chi connectivity index (χ1n) is 4.85. The zero-order valence-electron chi connectivity index (χ0n) is 8.37. The fraction of sp³-hybridized carbons (Fsp3) is 0.400. The Balaban J connectivity index is 2.37. The van der Waals surface area contributed by atoms with Gasteiger partial charge in [-0.25, -0.2) is 4.98 Å². The number of pyridine rings is 1. The molecule has 5 heteroatoms. The Morgan fingerprint density at radius 2 is 2.27 bits per heavy atom. The van der Waals surface area contributed by atoms with Gasteiger partial charge < -0.3 is 11.1 Å². The number of hydrogen-bond donors (Lipinski definition) is 2. The highest BCUT2D eigenvalue weighted by Gasteiger charge is 2.03. The number of hydrogen-bond acceptors (Lipinski definition) is 3. The number of amides is 1. The summed E-state index contributed by atoms with van der Waals surface area (Å²) in [5.74, 6) is -0.524. The van der Waals surface area contributed by atoms with E-state index in [1.807, 2.05) is 0 Å². The minimum atomic E-state index is -0.602. The van der Waals surface area contributed by atoms with Crippen LogP contribution in [-0.4, -0.2) is 17.4 Å². The van der Waals surface area contributed by atoms with Crippen molar-refractivity contribution in [2.75, 3.05) is 11.9 Å². The van der Waals surface area contributed by atoms with Gasteiger partial charge >= 0.3 is 0 Å². The SMILES string of the molecule is NCCCCC(=O)Nc1cccc(F)n1. The van der Waals surface area contributed by atoms with E-state index in [4.69, 9.17) is 5.73 Å². The molecule has 0 radical (unpaired) electrons. The number of anilines is 1. The molecule has 0 aliphatic carbocycles. The zero-order chi connectivity index (χ0) is 11.1. The maximum absolute atomic E-state index is 12.6. The topological polar surface area (TPSA) is 68.0 Å². The van der Waals surface area contributed by atoms with Crippen molar-refractivity contribution in [1.29, 1.82) is 0 Å². The molecule has 1 aromatic rings. The van der Waals surface area contributed by atoms with Crippen molar-refractivity contribution in [3.63, 3.8) is 0 Å². The summed E-state index contributed by atoms with van der Waals surface area (Å²) < 4.78 is 12.6. The largest absolute Gasteiger partial charge is 0.330 e. The number of nitrogens with one attached hydrogen (secondary N) is 1. The van der Waals surface area contributed by atoms with Gasteiger partial charge in [0.05, 0.1) is 0 Å². The summed E-state index contributed by atoms with van der Waals surface area (Å²) in [5.41, 5.74) is 5.29. The maximum atomic E-state index is 12.6. The van der Waals surface area contributed by atoms with E-state index in [1.165, 1.54) is 12.1 Å². The van der Waals surface area contributed by atoms with E-state index < -0.39 is 5.95 Å². The molecule has 0 spiro atoms. The van der Waals surface area contributed by atoms with Crippen LogP contribution in [-0.2, 0) is 4.79 Å². The molecule has 0 aromatic carbocycles. The summed E-state index contributed by atoms with van der Waals surface area (Å²) in [6, 6.07) is 4.27. The number of carbonyl (C=O) groups is 1. The summed E-state index contributed by atoms with van der Waals surface area (Å²) >= 11 is 0. The van der Waals surface area contributed by atoms with Gasteiger partial charge in [-0.2, -0.15) is 4.39 Å². The molecular formula is C10H14FN3O. The molecule has 1 aromatic heterocycles. The Morgan fingerprint density at radius 3 is 2.93 bits per heavy atom. The first-order chi connectivity index (χ1) is 7.22. The average molecular weight is 211 g/mol. The van der Waals surface area contributed by atoms with Gasteiger partial charge in [0.1, 0.15) is 5.82 Å². The second kappa shape index (κ2) is 6.08. The van der Waals surface area contributed by atoms with Crippen molar-refractivity contribution in [2.24, 2.45) is 5.73 Å². The molecule has 1 heterocycles. The van der Waals surface area contributed by atoms with Crippen molar-refractivity contribution < 1.29 is 9.18 Å². The third-order valence-electron chi connectivity index (χ3n) is 1.84. The highest BCUT2D eigenvalue weighted by atomic mass is 19.1. The summed E-state index contributed by atoms with van der Waals surface area (Å²) in [5, 5.41) is 2.51. The Kier molecular flexibility index (Phi) is 4.70. The van der Waals surface area contributed by atoms with E-state index in [0.29, 0.717) is 13.0 Å². The van der Waals surface area contributed by atoms with Crippen LogP contribution < -0.4 is 11.1 Å². The van der Waals surface area contributed by atoms with Gasteiger partial charge in [0.15, 0.2) is 0 Å². The molecule has 0 saturated heterocycles.